The van der Waals surface area contributed by atoms with Crippen LogP contribution in [0.15, 0.2) is 54.6 Å². The topological polar surface area (TPSA) is 34.6 Å². The van der Waals surface area contributed by atoms with Crippen LogP contribution in [0.25, 0.3) is 22.2 Å². The molecule has 1 aliphatic rings. The van der Waals surface area contributed by atoms with Gasteiger partial charge in [-0.05, 0) is 41.8 Å². The van der Waals surface area contributed by atoms with Gasteiger partial charge in [0.1, 0.15) is 20.2 Å². The van der Waals surface area contributed by atoms with Gasteiger partial charge in [0, 0.05) is 25.2 Å². The predicted molar refractivity (Wildman–Crippen MR) is 105 cm³/mol. The minimum atomic E-state index is 0.689. The second-order valence-electron chi connectivity index (χ2n) is 6.48. The third-order valence-electron chi connectivity index (χ3n) is 4.64. The number of ether oxygens (including phenoxy) is 2. The molecule has 0 atom stereocenters. The summed E-state index contributed by atoms with van der Waals surface area (Å²) < 4.78 is 11.2. The molecule has 0 amide bonds. The fraction of sp³-hybridized carbons (Fsp3) is 0.286. The molecule has 26 heavy (non-hydrogen) atoms. The maximum absolute atomic E-state index is 5.87. The molecule has 2 aromatic carbocycles. The van der Waals surface area contributed by atoms with Gasteiger partial charge < -0.3 is 9.47 Å². The highest BCUT2D eigenvalue weighted by Gasteiger charge is 2.09. The molecule has 130 valence electrons. The van der Waals surface area contributed by atoms with Crippen LogP contribution in [-0.2, 0) is 4.74 Å². The van der Waals surface area contributed by atoms with Crippen molar-refractivity contribution >= 4 is 24.2 Å². The van der Waals surface area contributed by atoms with Crippen molar-refractivity contribution in [1.82, 2.24) is 9.88 Å². The highest BCUT2D eigenvalue weighted by atomic mass is 16.5. The summed E-state index contributed by atoms with van der Waals surface area (Å²) in [7, 11) is 5.83. The molecule has 0 saturated carbocycles. The second-order valence-corrected chi connectivity index (χ2v) is 6.48. The van der Waals surface area contributed by atoms with Gasteiger partial charge in [-0.3, -0.25) is 4.90 Å². The van der Waals surface area contributed by atoms with Crippen LogP contribution in [0, 0.1) is 0 Å². The number of morpholine rings is 1. The number of nitrogens with zero attached hydrogens (tertiary/aromatic N) is 2. The van der Waals surface area contributed by atoms with Gasteiger partial charge in [-0.15, -0.1) is 0 Å². The normalized spacial score (nSPS) is 15.2. The smallest absolute Gasteiger partial charge is 0.119 e. The van der Waals surface area contributed by atoms with Crippen LogP contribution >= 0.6 is 0 Å². The molecule has 0 spiro atoms. The SMILES string of the molecule is [B]c1ccc2nc(-c3ccc(OCCN4CCOCC4)cc3)ccc2c1. The lowest BCUT2D eigenvalue weighted by Crippen LogP contribution is -2.38. The molecule has 2 heterocycles. The van der Waals surface area contributed by atoms with Crippen LogP contribution in [0.5, 0.6) is 5.75 Å². The minimum Gasteiger partial charge on any atom is -0.492 e. The van der Waals surface area contributed by atoms with E-state index in [0.717, 1.165) is 66.2 Å². The molecule has 1 fully saturated rings. The zero-order chi connectivity index (χ0) is 17.8. The predicted octanol–water partition coefficient (Wildman–Crippen LogP) is 2.41. The minimum absolute atomic E-state index is 0.689. The van der Waals surface area contributed by atoms with E-state index in [1.165, 1.54) is 0 Å². The van der Waals surface area contributed by atoms with Gasteiger partial charge in [-0.25, -0.2) is 4.98 Å². The van der Waals surface area contributed by atoms with E-state index in [1.807, 2.05) is 36.4 Å². The van der Waals surface area contributed by atoms with E-state index in [1.54, 1.807) is 0 Å². The Morgan fingerprint density at radius 3 is 2.62 bits per heavy atom. The van der Waals surface area contributed by atoms with Crippen molar-refractivity contribution in [2.24, 2.45) is 0 Å². The zero-order valence-electron chi connectivity index (χ0n) is 14.7. The first-order chi connectivity index (χ1) is 12.8. The summed E-state index contributed by atoms with van der Waals surface area (Å²) in [5, 5.41) is 1.05. The number of rotatable bonds is 5. The van der Waals surface area contributed by atoms with Gasteiger partial charge in [-0.1, -0.05) is 23.7 Å². The van der Waals surface area contributed by atoms with Gasteiger partial charge in [-0.2, -0.15) is 0 Å². The Balaban J connectivity index is 1.40. The molecule has 0 N–H and O–H groups in total. The number of hydrogen-bond acceptors (Lipinski definition) is 4. The Hall–Kier alpha value is -2.37. The van der Waals surface area contributed by atoms with E-state index in [0.29, 0.717) is 6.61 Å². The van der Waals surface area contributed by atoms with E-state index in [4.69, 9.17) is 22.3 Å². The first-order valence-electron chi connectivity index (χ1n) is 8.97. The lowest BCUT2D eigenvalue weighted by molar-refractivity contribution is 0.0322. The summed E-state index contributed by atoms with van der Waals surface area (Å²) in [4.78, 5) is 7.09. The fourth-order valence-electron chi connectivity index (χ4n) is 3.14. The maximum Gasteiger partial charge on any atom is 0.119 e. The largest absolute Gasteiger partial charge is 0.492 e. The number of hydrogen-bond donors (Lipinski definition) is 0. The van der Waals surface area contributed by atoms with Crippen LogP contribution < -0.4 is 10.2 Å². The number of benzene rings is 2. The van der Waals surface area contributed by atoms with Crippen molar-refractivity contribution in [3.63, 3.8) is 0 Å². The average Bonchev–Trinajstić information content (AvgIpc) is 2.69. The number of aromatic nitrogens is 1. The molecular formula is C21H21BN2O2. The molecule has 0 bridgehead atoms. The second kappa shape index (κ2) is 7.89. The van der Waals surface area contributed by atoms with Crippen molar-refractivity contribution in [3.8, 4) is 17.0 Å². The van der Waals surface area contributed by atoms with Crippen molar-refractivity contribution in [2.75, 3.05) is 39.5 Å². The third-order valence-corrected chi connectivity index (χ3v) is 4.64. The van der Waals surface area contributed by atoms with Crippen molar-refractivity contribution in [2.45, 2.75) is 0 Å². The van der Waals surface area contributed by atoms with Gasteiger partial charge in [0.15, 0.2) is 0 Å². The summed E-state index contributed by atoms with van der Waals surface area (Å²) in [5.41, 5.74) is 3.72. The highest BCUT2D eigenvalue weighted by Crippen LogP contribution is 2.23. The molecule has 0 aliphatic carbocycles. The van der Waals surface area contributed by atoms with Gasteiger partial charge in [0.25, 0.3) is 0 Å². The number of pyridine rings is 1. The molecule has 1 aliphatic heterocycles. The Labute approximate surface area is 155 Å². The van der Waals surface area contributed by atoms with Crippen LogP contribution in [0.1, 0.15) is 0 Å². The highest BCUT2D eigenvalue weighted by molar-refractivity contribution is 6.33. The van der Waals surface area contributed by atoms with Crippen LogP contribution in [0.2, 0.25) is 0 Å². The van der Waals surface area contributed by atoms with Crippen LogP contribution in [0.3, 0.4) is 0 Å². The van der Waals surface area contributed by atoms with Crippen LogP contribution in [0.4, 0.5) is 0 Å². The third kappa shape index (κ3) is 4.06. The van der Waals surface area contributed by atoms with E-state index in [9.17, 15) is 0 Å². The Morgan fingerprint density at radius 2 is 1.81 bits per heavy atom. The summed E-state index contributed by atoms with van der Waals surface area (Å²) in [5.74, 6) is 0.885. The fourth-order valence-corrected chi connectivity index (χ4v) is 3.14. The lowest BCUT2D eigenvalue weighted by Gasteiger charge is -2.26. The Bertz CT molecular complexity index is 877. The summed E-state index contributed by atoms with van der Waals surface area (Å²) in [6, 6.07) is 18.0. The van der Waals surface area contributed by atoms with Crippen LogP contribution in [-0.4, -0.2) is 57.2 Å². The maximum atomic E-state index is 5.87. The van der Waals surface area contributed by atoms with E-state index in [-0.39, 0.29) is 0 Å². The van der Waals surface area contributed by atoms with Gasteiger partial charge in [0.2, 0.25) is 0 Å². The lowest BCUT2D eigenvalue weighted by atomic mass is 9.94. The van der Waals surface area contributed by atoms with E-state index < -0.39 is 0 Å². The molecule has 3 aromatic rings. The first kappa shape index (κ1) is 17.1. The quantitative estimate of drug-likeness (QED) is 0.666. The molecule has 4 rings (SSSR count). The van der Waals surface area contributed by atoms with Crippen molar-refractivity contribution in [3.05, 3.63) is 54.6 Å². The summed E-state index contributed by atoms with van der Waals surface area (Å²) in [6.07, 6.45) is 0. The van der Waals surface area contributed by atoms with E-state index >= 15 is 0 Å². The monoisotopic (exact) mass is 344 g/mol. The summed E-state index contributed by atoms with van der Waals surface area (Å²) >= 11 is 0. The van der Waals surface area contributed by atoms with Gasteiger partial charge >= 0.3 is 0 Å². The first-order valence-corrected chi connectivity index (χ1v) is 8.97. The molecular weight excluding hydrogens is 323 g/mol. The zero-order valence-corrected chi connectivity index (χ0v) is 14.7. The van der Waals surface area contributed by atoms with Crippen molar-refractivity contribution in [1.29, 1.82) is 0 Å². The molecule has 0 unspecified atom stereocenters. The molecule has 2 radical (unpaired) electrons. The van der Waals surface area contributed by atoms with Gasteiger partial charge in [0.05, 0.1) is 24.4 Å². The van der Waals surface area contributed by atoms with E-state index in [2.05, 4.69) is 23.1 Å². The van der Waals surface area contributed by atoms with Crippen molar-refractivity contribution < 1.29 is 9.47 Å². The summed E-state index contributed by atoms with van der Waals surface area (Å²) in [6.45, 7) is 5.23. The molecule has 4 nitrogen and oxygen atoms in total. The Kier molecular flexibility index (Phi) is 5.18. The Morgan fingerprint density at radius 1 is 1.00 bits per heavy atom. The molecule has 1 saturated heterocycles. The molecule has 5 heteroatoms. The number of fused-ring (bicyclic) bond motifs is 1. The molecule has 1 aromatic heterocycles. The standard InChI is InChI=1S/C21H21BN2O2/c22-18-4-8-21-17(15-18)3-7-20(23-21)16-1-5-19(6-2-16)26-14-11-24-9-12-25-13-10-24/h1-8,15H,9-14H2. The average molecular weight is 344 g/mol.